The average Bonchev–Trinajstić information content (AvgIpc) is 2.86. The van der Waals surface area contributed by atoms with Gasteiger partial charge in [-0.3, -0.25) is 13.9 Å². The van der Waals surface area contributed by atoms with E-state index in [1.54, 1.807) is 11.1 Å². The molecule has 3 fully saturated rings. The van der Waals surface area contributed by atoms with Crippen molar-refractivity contribution in [3.8, 4) is 0 Å². The first-order valence-electron chi connectivity index (χ1n) is 11.3. The molecule has 4 aliphatic carbocycles. The van der Waals surface area contributed by atoms with Crippen LogP contribution in [0.3, 0.4) is 0 Å². The Morgan fingerprint density at radius 2 is 1.67 bits per heavy atom. The number of Topliss-reactive ketones (excluding diaryl/α,β-unsaturated/α-hetero) is 1. The number of allylic oxidation sites excluding steroid dienone is 1. The monoisotopic (exact) mass is 442 g/mol. The summed E-state index contributed by atoms with van der Waals surface area (Å²) in [6.07, 6.45) is 7.83. The van der Waals surface area contributed by atoms with E-state index in [0.29, 0.717) is 23.0 Å². The summed E-state index contributed by atoms with van der Waals surface area (Å²) in [5.74, 6) is 3.44. The summed E-state index contributed by atoms with van der Waals surface area (Å²) < 4.78 is 31.6. The van der Waals surface area contributed by atoms with Crippen molar-refractivity contribution in [1.29, 1.82) is 0 Å². The van der Waals surface area contributed by atoms with Crippen LogP contribution in [-0.2, 0) is 15.2 Å². The number of rotatable bonds is 1. The number of carbonyl (C=O) groups excluding carboxylic acids is 1. The second-order valence-corrected chi connectivity index (χ2v) is 11.8. The van der Waals surface area contributed by atoms with Crippen LogP contribution < -0.4 is 0 Å². The molecule has 0 aromatic carbocycles. The number of fused-ring (bicyclic) bond motifs is 5. The second kappa shape index (κ2) is 7.98. The summed E-state index contributed by atoms with van der Waals surface area (Å²) in [6.45, 7) is 11.4. The highest BCUT2D eigenvalue weighted by Gasteiger charge is 2.61. The van der Waals surface area contributed by atoms with Gasteiger partial charge >= 0.3 is 10.4 Å². The van der Waals surface area contributed by atoms with Gasteiger partial charge < -0.3 is 5.11 Å². The van der Waals surface area contributed by atoms with Crippen LogP contribution in [0, 0.1) is 40.4 Å². The summed E-state index contributed by atoms with van der Waals surface area (Å²) in [7, 11) is -4.67. The summed E-state index contributed by atoms with van der Waals surface area (Å²) in [5.41, 5.74) is 3.66. The van der Waals surface area contributed by atoms with Crippen molar-refractivity contribution in [3.63, 3.8) is 0 Å². The number of aliphatic hydroxyl groups is 1. The molecule has 4 rings (SSSR count). The molecule has 8 unspecified atom stereocenters. The minimum atomic E-state index is -4.67. The first kappa shape index (κ1) is 23.9. The Hall–Kier alpha value is -0.760. The van der Waals surface area contributed by atoms with E-state index in [1.165, 1.54) is 25.7 Å². The number of hydrogen-bond acceptors (Lipinski definition) is 4. The fourth-order valence-electron chi connectivity index (χ4n) is 8.33. The molecule has 0 aliphatic heterocycles. The summed E-state index contributed by atoms with van der Waals surface area (Å²) in [4.78, 5) is 12.4. The van der Waals surface area contributed by atoms with Crippen LogP contribution in [0.4, 0.5) is 0 Å². The van der Waals surface area contributed by atoms with Crippen molar-refractivity contribution < 1.29 is 27.4 Å². The number of aliphatic hydroxyl groups excluding tert-OH is 1. The standard InChI is InChI=1S/C23H36O2.H2O4S/c1-13-10-17-18(22(4)8-6-16(25)12-19(13)22)7-9-23(5)20(17)11-14(2)21(23)15(3)24;1-5(2,3)4/h14,16-18,20-21,25H,6-12H2,1-5H3;(H2,1,2,3,4). The van der Waals surface area contributed by atoms with Crippen molar-refractivity contribution in [1.82, 2.24) is 0 Å². The molecule has 0 amide bonds. The molecule has 4 aliphatic rings. The van der Waals surface area contributed by atoms with Crippen molar-refractivity contribution in [2.24, 2.45) is 40.4 Å². The van der Waals surface area contributed by atoms with E-state index in [2.05, 4.69) is 27.7 Å². The molecular weight excluding hydrogens is 404 g/mol. The number of carbonyl (C=O) groups is 1. The van der Waals surface area contributed by atoms with E-state index < -0.39 is 10.4 Å². The maximum absolute atomic E-state index is 12.4. The van der Waals surface area contributed by atoms with Crippen LogP contribution in [0.2, 0.25) is 0 Å². The van der Waals surface area contributed by atoms with Gasteiger partial charge in [-0.15, -0.1) is 0 Å². The van der Waals surface area contributed by atoms with Gasteiger partial charge in [-0.05, 0) is 93.3 Å². The molecule has 8 atom stereocenters. The van der Waals surface area contributed by atoms with Gasteiger partial charge in [-0.1, -0.05) is 31.9 Å². The molecule has 0 heterocycles. The smallest absolute Gasteiger partial charge is 0.393 e. The van der Waals surface area contributed by atoms with E-state index in [0.717, 1.165) is 31.1 Å². The zero-order chi connectivity index (χ0) is 22.6. The van der Waals surface area contributed by atoms with Gasteiger partial charge in [0.15, 0.2) is 0 Å². The molecule has 30 heavy (non-hydrogen) atoms. The van der Waals surface area contributed by atoms with E-state index >= 15 is 0 Å². The molecule has 172 valence electrons. The van der Waals surface area contributed by atoms with Crippen molar-refractivity contribution in [3.05, 3.63) is 11.1 Å². The fraction of sp³-hybridized carbons (Fsp3) is 0.870. The predicted molar refractivity (Wildman–Crippen MR) is 115 cm³/mol. The highest BCUT2D eigenvalue weighted by molar-refractivity contribution is 7.79. The van der Waals surface area contributed by atoms with Crippen LogP contribution in [0.15, 0.2) is 11.1 Å². The molecule has 0 bridgehead atoms. The second-order valence-electron chi connectivity index (χ2n) is 10.9. The summed E-state index contributed by atoms with van der Waals surface area (Å²) in [5, 5.41) is 10.2. The lowest BCUT2D eigenvalue weighted by molar-refractivity contribution is -0.128. The van der Waals surface area contributed by atoms with Gasteiger partial charge in [-0.2, -0.15) is 8.42 Å². The summed E-state index contributed by atoms with van der Waals surface area (Å²) >= 11 is 0. The predicted octanol–water partition coefficient (Wildman–Crippen LogP) is 4.50. The highest BCUT2D eigenvalue weighted by Crippen LogP contribution is 2.68. The first-order valence-corrected chi connectivity index (χ1v) is 12.7. The van der Waals surface area contributed by atoms with E-state index in [4.69, 9.17) is 17.5 Å². The topological polar surface area (TPSA) is 112 Å². The third-order valence-corrected chi connectivity index (χ3v) is 9.22. The maximum Gasteiger partial charge on any atom is 0.394 e. The zero-order valence-electron chi connectivity index (χ0n) is 18.9. The molecule has 7 heteroatoms. The van der Waals surface area contributed by atoms with Crippen LogP contribution in [0.25, 0.3) is 0 Å². The van der Waals surface area contributed by atoms with Gasteiger partial charge in [0.2, 0.25) is 0 Å². The molecule has 0 aromatic heterocycles. The lowest BCUT2D eigenvalue weighted by Crippen LogP contribution is -2.51. The molecule has 0 spiro atoms. The van der Waals surface area contributed by atoms with Gasteiger partial charge in [0, 0.05) is 5.92 Å². The van der Waals surface area contributed by atoms with Crippen LogP contribution in [-0.4, -0.2) is 34.5 Å². The molecule has 0 saturated heterocycles. The Labute approximate surface area is 181 Å². The summed E-state index contributed by atoms with van der Waals surface area (Å²) in [6, 6.07) is 0. The van der Waals surface area contributed by atoms with Crippen molar-refractivity contribution in [2.75, 3.05) is 0 Å². The largest absolute Gasteiger partial charge is 0.394 e. The third-order valence-electron chi connectivity index (χ3n) is 9.22. The fourth-order valence-corrected chi connectivity index (χ4v) is 8.33. The Kier molecular flexibility index (Phi) is 6.36. The molecule has 0 radical (unpaired) electrons. The van der Waals surface area contributed by atoms with Crippen molar-refractivity contribution >= 4 is 16.2 Å². The van der Waals surface area contributed by atoms with Crippen LogP contribution in [0.5, 0.6) is 0 Å². The zero-order valence-corrected chi connectivity index (χ0v) is 19.7. The van der Waals surface area contributed by atoms with Crippen LogP contribution >= 0.6 is 0 Å². The van der Waals surface area contributed by atoms with Crippen LogP contribution in [0.1, 0.15) is 79.6 Å². The molecule has 6 nitrogen and oxygen atoms in total. The van der Waals surface area contributed by atoms with E-state index in [1.807, 2.05) is 6.92 Å². The molecule has 3 N–H and O–H groups in total. The van der Waals surface area contributed by atoms with Gasteiger partial charge in [0.25, 0.3) is 0 Å². The first-order chi connectivity index (χ1) is 13.7. The SMILES string of the molecule is CC(=O)C1C(C)CC2C3CC(C)=C4CC(O)CCC4(C)C3CCC21C.O=S(=O)(O)O. The minimum Gasteiger partial charge on any atom is -0.393 e. The molecule has 3 saturated carbocycles. The van der Waals surface area contributed by atoms with E-state index in [-0.39, 0.29) is 17.4 Å². The highest BCUT2D eigenvalue weighted by atomic mass is 32.3. The normalized spacial score (nSPS) is 45.6. The molecular formula is C23H38O6S. The maximum atomic E-state index is 12.4. The number of hydrogen-bond donors (Lipinski definition) is 3. The lowest BCUT2D eigenvalue weighted by Gasteiger charge is -2.58. The average molecular weight is 443 g/mol. The van der Waals surface area contributed by atoms with Gasteiger partial charge in [-0.25, -0.2) is 0 Å². The minimum absolute atomic E-state index is 0.128. The Bertz CT molecular complexity index is 825. The Morgan fingerprint density at radius 3 is 2.23 bits per heavy atom. The van der Waals surface area contributed by atoms with Gasteiger partial charge in [0.1, 0.15) is 5.78 Å². The Balaban J connectivity index is 0.000000461. The quantitative estimate of drug-likeness (QED) is 0.407. The Morgan fingerprint density at radius 1 is 1.07 bits per heavy atom. The number of ketones is 1. The van der Waals surface area contributed by atoms with Gasteiger partial charge in [0.05, 0.1) is 6.10 Å². The lowest BCUT2D eigenvalue weighted by atomic mass is 9.46. The van der Waals surface area contributed by atoms with E-state index in [9.17, 15) is 9.90 Å². The molecule has 0 aromatic rings. The third kappa shape index (κ3) is 4.15. The van der Waals surface area contributed by atoms with Crippen molar-refractivity contribution in [2.45, 2.75) is 85.7 Å².